The molecule has 0 spiro atoms. The zero-order chi connectivity index (χ0) is 22.8. The number of methoxy groups -OCH3 is 1. The van der Waals surface area contributed by atoms with Crippen LogP contribution in [0.4, 0.5) is 5.69 Å². The van der Waals surface area contributed by atoms with Crippen LogP contribution in [-0.2, 0) is 9.59 Å². The number of benzene rings is 2. The third-order valence-corrected chi connectivity index (χ3v) is 4.54. The molecule has 8 nitrogen and oxygen atoms in total. The molecule has 0 aliphatic heterocycles. The highest BCUT2D eigenvalue weighted by Crippen LogP contribution is 2.28. The molecule has 0 atom stereocenters. The van der Waals surface area contributed by atoms with E-state index in [0.717, 1.165) is 16.8 Å². The second-order valence-corrected chi connectivity index (χ2v) is 7.14. The molecule has 0 heterocycles. The van der Waals surface area contributed by atoms with Gasteiger partial charge >= 0.3 is 0 Å². The quantitative estimate of drug-likeness (QED) is 0.306. The van der Waals surface area contributed by atoms with Crippen molar-refractivity contribution in [2.45, 2.75) is 33.6 Å². The first kappa shape index (κ1) is 23.7. The lowest BCUT2D eigenvalue weighted by molar-refractivity contribution is -0.128. The van der Waals surface area contributed by atoms with E-state index in [0.29, 0.717) is 23.5 Å². The van der Waals surface area contributed by atoms with Gasteiger partial charge in [-0.2, -0.15) is 0 Å². The Balaban J connectivity index is 1.67. The van der Waals surface area contributed by atoms with E-state index in [4.69, 9.17) is 9.47 Å². The van der Waals surface area contributed by atoms with Gasteiger partial charge in [-0.15, -0.1) is 0 Å². The van der Waals surface area contributed by atoms with Gasteiger partial charge in [0.15, 0.2) is 17.3 Å². The Labute approximate surface area is 182 Å². The average molecular weight is 428 g/mol. The van der Waals surface area contributed by atoms with Crippen molar-refractivity contribution in [3.63, 3.8) is 0 Å². The molecule has 0 aromatic heterocycles. The van der Waals surface area contributed by atoms with Crippen LogP contribution in [0.3, 0.4) is 0 Å². The van der Waals surface area contributed by atoms with Crippen molar-refractivity contribution in [3.8, 4) is 11.5 Å². The van der Waals surface area contributed by atoms with Crippen LogP contribution in [0.1, 0.15) is 41.3 Å². The molecule has 2 rings (SSSR count). The monoisotopic (exact) mass is 427 g/mol. The Kier molecular flexibility index (Phi) is 8.87. The second-order valence-electron chi connectivity index (χ2n) is 7.14. The molecule has 2 aromatic carbocycles. The number of nitrogens with one attached hydrogen (secondary N) is 3. The van der Waals surface area contributed by atoms with Gasteiger partial charge in [-0.25, -0.2) is 0 Å². The van der Waals surface area contributed by atoms with Crippen LogP contribution in [0.25, 0.3) is 0 Å². The molecular weight excluding hydrogens is 398 g/mol. The summed E-state index contributed by atoms with van der Waals surface area (Å²) >= 11 is 0. The first-order valence-corrected chi connectivity index (χ1v) is 10.0. The van der Waals surface area contributed by atoms with E-state index < -0.39 is 0 Å². The molecule has 0 saturated carbocycles. The minimum absolute atomic E-state index is 0.0450. The van der Waals surface area contributed by atoms with Crippen LogP contribution in [0, 0.1) is 13.8 Å². The zero-order valence-corrected chi connectivity index (χ0v) is 18.3. The third kappa shape index (κ3) is 7.65. The number of ketones is 1. The Morgan fingerprint density at radius 1 is 0.935 bits per heavy atom. The predicted octanol–water partition coefficient (Wildman–Crippen LogP) is 2.93. The van der Waals surface area contributed by atoms with Gasteiger partial charge in [0.1, 0.15) is 0 Å². The van der Waals surface area contributed by atoms with Gasteiger partial charge in [-0.1, -0.05) is 17.7 Å². The number of rotatable bonds is 10. The molecule has 0 aliphatic rings. The van der Waals surface area contributed by atoms with Crippen molar-refractivity contribution < 1.29 is 23.9 Å². The van der Waals surface area contributed by atoms with Gasteiger partial charge in [-0.3, -0.25) is 25.2 Å². The second kappa shape index (κ2) is 11.6. The van der Waals surface area contributed by atoms with E-state index in [1.54, 1.807) is 18.2 Å². The lowest BCUT2D eigenvalue weighted by Crippen LogP contribution is -2.44. The highest BCUT2D eigenvalue weighted by molar-refractivity contribution is 5.94. The molecular formula is C23H29N3O5. The molecule has 2 aromatic rings. The number of anilines is 1. The normalized spacial score (nSPS) is 10.2. The fourth-order valence-corrected chi connectivity index (χ4v) is 2.85. The standard InChI is InChI=1S/C23H29N3O5/c1-15-7-9-19(16(2)12-15)24-14-23(29)26-25-22(28)6-5-11-31-20-10-8-18(17(3)27)13-21(20)30-4/h7-10,12-13,24H,5-6,11,14H2,1-4H3,(H,25,28)(H,26,29). The van der Waals surface area contributed by atoms with Crippen molar-refractivity contribution in [2.24, 2.45) is 0 Å². The average Bonchev–Trinajstić information content (AvgIpc) is 2.74. The number of carbonyl (C=O) groups excluding carboxylic acids is 3. The topological polar surface area (TPSA) is 106 Å². The Hall–Kier alpha value is -3.55. The van der Waals surface area contributed by atoms with Gasteiger partial charge in [0.2, 0.25) is 5.91 Å². The highest BCUT2D eigenvalue weighted by Gasteiger charge is 2.09. The van der Waals surface area contributed by atoms with Crippen LogP contribution >= 0.6 is 0 Å². The number of hydrogen-bond acceptors (Lipinski definition) is 6. The Morgan fingerprint density at radius 2 is 1.68 bits per heavy atom. The molecule has 8 heteroatoms. The number of amides is 2. The van der Waals surface area contributed by atoms with E-state index in [1.807, 2.05) is 32.0 Å². The van der Waals surface area contributed by atoms with Crippen molar-refractivity contribution >= 4 is 23.3 Å². The summed E-state index contributed by atoms with van der Waals surface area (Å²) in [5.41, 5.74) is 8.37. The number of hydrogen-bond donors (Lipinski definition) is 3. The van der Waals surface area contributed by atoms with E-state index >= 15 is 0 Å². The van der Waals surface area contributed by atoms with Crippen molar-refractivity contribution in [1.82, 2.24) is 10.9 Å². The van der Waals surface area contributed by atoms with Crippen LogP contribution in [0.15, 0.2) is 36.4 Å². The van der Waals surface area contributed by atoms with Crippen LogP contribution < -0.4 is 25.6 Å². The molecule has 0 fully saturated rings. The highest BCUT2D eigenvalue weighted by atomic mass is 16.5. The molecule has 166 valence electrons. The third-order valence-electron chi connectivity index (χ3n) is 4.54. The molecule has 0 unspecified atom stereocenters. The summed E-state index contributed by atoms with van der Waals surface area (Å²) in [4.78, 5) is 35.2. The van der Waals surface area contributed by atoms with Gasteiger partial charge in [-0.05, 0) is 57.0 Å². The smallest absolute Gasteiger partial charge is 0.257 e. The molecule has 0 bridgehead atoms. The van der Waals surface area contributed by atoms with Gasteiger partial charge in [0.05, 0.1) is 20.3 Å². The maximum atomic E-state index is 11.9. The van der Waals surface area contributed by atoms with Gasteiger partial charge < -0.3 is 14.8 Å². The summed E-state index contributed by atoms with van der Waals surface area (Å²) in [6.45, 7) is 5.77. The van der Waals surface area contributed by atoms with E-state index in [-0.39, 0.29) is 37.2 Å². The van der Waals surface area contributed by atoms with Crippen molar-refractivity contribution in [3.05, 3.63) is 53.1 Å². The molecule has 31 heavy (non-hydrogen) atoms. The molecule has 2 amide bonds. The zero-order valence-electron chi connectivity index (χ0n) is 18.3. The fourth-order valence-electron chi connectivity index (χ4n) is 2.85. The van der Waals surface area contributed by atoms with Gasteiger partial charge in [0.25, 0.3) is 5.91 Å². The Bertz CT molecular complexity index is 943. The predicted molar refractivity (Wildman–Crippen MR) is 118 cm³/mol. The van der Waals surface area contributed by atoms with Crippen LogP contribution in [0.2, 0.25) is 0 Å². The summed E-state index contributed by atoms with van der Waals surface area (Å²) in [6, 6.07) is 10.8. The molecule has 0 radical (unpaired) electrons. The van der Waals surface area contributed by atoms with Crippen LogP contribution in [0.5, 0.6) is 11.5 Å². The SMILES string of the molecule is COc1cc(C(C)=O)ccc1OCCCC(=O)NNC(=O)CNc1ccc(C)cc1C. The summed E-state index contributed by atoms with van der Waals surface area (Å²) in [7, 11) is 1.50. The van der Waals surface area contributed by atoms with E-state index in [2.05, 4.69) is 16.2 Å². The Morgan fingerprint density at radius 3 is 2.35 bits per heavy atom. The minimum Gasteiger partial charge on any atom is -0.493 e. The largest absolute Gasteiger partial charge is 0.493 e. The summed E-state index contributed by atoms with van der Waals surface area (Å²) in [5.74, 6) is 0.231. The number of aryl methyl sites for hydroxylation is 2. The number of hydrazine groups is 1. The van der Waals surface area contributed by atoms with Crippen molar-refractivity contribution in [2.75, 3.05) is 25.6 Å². The first-order chi connectivity index (χ1) is 14.8. The molecule has 0 saturated heterocycles. The maximum Gasteiger partial charge on any atom is 0.257 e. The summed E-state index contributed by atoms with van der Waals surface area (Å²) in [6.07, 6.45) is 0.624. The van der Waals surface area contributed by atoms with Crippen LogP contribution in [-0.4, -0.2) is 37.9 Å². The summed E-state index contributed by atoms with van der Waals surface area (Å²) in [5, 5.41) is 3.04. The first-order valence-electron chi connectivity index (χ1n) is 10.0. The molecule has 3 N–H and O–H groups in total. The fraction of sp³-hybridized carbons (Fsp3) is 0.348. The lowest BCUT2D eigenvalue weighted by atomic mass is 10.1. The lowest BCUT2D eigenvalue weighted by Gasteiger charge is -2.12. The van der Waals surface area contributed by atoms with E-state index in [9.17, 15) is 14.4 Å². The molecule has 0 aliphatic carbocycles. The number of carbonyl (C=O) groups is 3. The van der Waals surface area contributed by atoms with Crippen molar-refractivity contribution in [1.29, 1.82) is 0 Å². The summed E-state index contributed by atoms with van der Waals surface area (Å²) < 4.78 is 10.9. The number of ether oxygens (including phenoxy) is 2. The maximum absolute atomic E-state index is 11.9. The van der Waals surface area contributed by atoms with E-state index in [1.165, 1.54) is 14.0 Å². The minimum atomic E-state index is -0.347. The van der Waals surface area contributed by atoms with Gasteiger partial charge in [0, 0.05) is 17.7 Å². The number of Topliss-reactive ketones (excluding diaryl/α,β-unsaturated/α-hetero) is 1.